The number of aromatic nitrogens is 3. The summed E-state index contributed by atoms with van der Waals surface area (Å²) in [6.07, 6.45) is 1.09. The van der Waals surface area contributed by atoms with Gasteiger partial charge in [-0.25, -0.2) is 22.8 Å². The molecule has 0 fully saturated rings. The van der Waals surface area contributed by atoms with E-state index >= 15 is 0 Å². The third-order valence-electron chi connectivity index (χ3n) is 10.4. The molecule has 13 nitrogen and oxygen atoms in total. The Morgan fingerprint density at radius 2 is 1.40 bits per heavy atom. The third kappa shape index (κ3) is 5.59. The number of hydrogen-bond donors (Lipinski definition) is 6. The number of anilines is 3. The maximum atomic E-state index is 14.2. The lowest BCUT2D eigenvalue weighted by Crippen LogP contribution is -2.33. The number of primary amides is 1. The molecule has 6 N–H and O–H groups in total. The number of urea groups is 1. The zero-order chi connectivity index (χ0) is 40.9. The van der Waals surface area contributed by atoms with Crippen LogP contribution in [0, 0.1) is 29.1 Å². The number of fused-ring (bicyclic) bond motifs is 7. The summed E-state index contributed by atoms with van der Waals surface area (Å²) in [5.74, 6) is -15.6. The summed E-state index contributed by atoms with van der Waals surface area (Å²) in [6, 6.07) is 12.3. The minimum absolute atomic E-state index is 0.118. The number of carbonyl (C=O) groups is 4. The highest BCUT2D eigenvalue weighted by Gasteiger charge is 2.32. The van der Waals surface area contributed by atoms with Crippen molar-refractivity contribution in [1.29, 1.82) is 0 Å². The van der Waals surface area contributed by atoms with Gasteiger partial charge >= 0.3 is 12.0 Å². The van der Waals surface area contributed by atoms with E-state index in [1.54, 1.807) is 29.2 Å². The molecule has 0 saturated heterocycles. The summed E-state index contributed by atoms with van der Waals surface area (Å²) in [7, 11) is 1.30. The Balaban J connectivity index is 0.968. The SMILES string of the molecule is COc1cc(NC(=O)c2cc3c4c(cc(S)c3[nH]2)N(C(=O)c2cc3c5c(ccc3[nH]2)N(C(N)=O)CC5)CC4)cc2cc(C(=O)Oc3c(F)c(F)c(F)c(F)c3F)[nH]c12. The van der Waals surface area contributed by atoms with E-state index in [1.165, 1.54) is 30.2 Å². The van der Waals surface area contributed by atoms with E-state index < -0.39 is 58.4 Å². The summed E-state index contributed by atoms with van der Waals surface area (Å²) in [6.45, 7) is 0.818. The first-order chi connectivity index (χ1) is 27.7. The maximum Gasteiger partial charge on any atom is 0.360 e. The first kappa shape index (κ1) is 36.6. The molecule has 0 atom stereocenters. The minimum atomic E-state index is -2.41. The Hall–Kier alpha value is -7.02. The second-order valence-corrected chi connectivity index (χ2v) is 14.1. The zero-order valence-electron chi connectivity index (χ0n) is 29.7. The van der Waals surface area contributed by atoms with Crippen LogP contribution in [-0.4, -0.2) is 59.0 Å². The van der Waals surface area contributed by atoms with Crippen molar-refractivity contribution in [1.82, 2.24) is 15.0 Å². The Kier molecular flexibility index (Phi) is 8.39. The topological polar surface area (TPSA) is 179 Å². The fourth-order valence-corrected chi connectivity index (χ4v) is 7.98. The van der Waals surface area contributed by atoms with Crippen LogP contribution in [0.2, 0.25) is 0 Å². The molecule has 4 amide bonds. The molecule has 5 heterocycles. The Bertz CT molecular complexity index is 2970. The summed E-state index contributed by atoms with van der Waals surface area (Å²) in [5, 5.41) is 4.52. The van der Waals surface area contributed by atoms with Crippen molar-refractivity contribution in [2.75, 3.05) is 35.3 Å². The standard InChI is InChI=1S/C39H26F5N7O6S/c1-56-26-10-15(8-14-9-23(49-33(14)26)38(54)57-35-31(43)29(41)28(40)30(42)32(35)44)46-36(52)21-12-19-17-4-6-50(25(17)13-27(58)34(19)48-21)37(53)22-11-18-16-5-7-51(39(45)55)24(16)3-2-20(18)47-22/h2-3,8-13,47-49,58H,4-7H2,1H3,(H2,45,55)(H,46,52). The highest BCUT2D eigenvalue weighted by molar-refractivity contribution is 7.80. The number of nitrogens with two attached hydrogens (primary N) is 1. The third-order valence-corrected chi connectivity index (χ3v) is 10.7. The van der Waals surface area contributed by atoms with Crippen LogP contribution in [0.1, 0.15) is 42.6 Å². The predicted molar refractivity (Wildman–Crippen MR) is 204 cm³/mol. The number of hydrogen-bond acceptors (Lipinski definition) is 7. The smallest absolute Gasteiger partial charge is 0.360 e. The molecular weight excluding hydrogens is 790 g/mol. The van der Waals surface area contributed by atoms with Crippen molar-refractivity contribution in [2.24, 2.45) is 5.73 Å². The average molecular weight is 816 g/mol. The number of esters is 1. The first-order valence-electron chi connectivity index (χ1n) is 17.4. The van der Waals surface area contributed by atoms with Gasteiger partial charge in [0.1, 0.15) is 22.8 Å². The molecule has 294 valence electrons. The van der Waals surface area contributed by atoms with Gasteiger partial charge in [-0.3, -0.25) is 14.5 Å². The van der Waals surface area contributed by atoms with Crippen molar-refractivity contribution in [3.05, 3.63) is 106 Å². The van der Waals surface area contributed by atoms with Gasteiger partial charge < -0.3 is 40.4 Å². The molecule has 2 aliphatic heterocycles. The van der Waals surface area contributed by atoms with Crippen molar-refractivity contribution in [3.8, 4) is 11.5 Å². The van der Waals surface area contributed by atoms with Crippen molar-refractivity contribution >= 4 is 86.2 Å². The first-order valence-corrected chi connectivity index (χ1v) is 17.9. The fraction of sp³-hybridized carbons (Fsp3) is 0.128. The number of amides is 4. The highest BCUT2D eigenvalue weighted by Crippen LogP contribution is 2.41. The van der Waals surface area contributed by atoms with Crippen LogP contribution in [0.15, 0.2) is 53.4 Å². The number of rotatable bonds is 6. The van der Waals surface area contributed by atoms with Gasteiger partial charge in [0, 0.05) is 62.8 Å². The van der Waals surface area contributed by atoms with Gasteiger partial charge in [-0.2, -0.15) is 8.78 Å². The molecule has 3 aromatic heterocycles. The molecule has 0 bridgehead atoms. The summed E-state index contributed by atoms with van der Waals surface area (Å²) in [5.41, 5.74) is 10.4. The van der Waals surface area contributed by atoms with E-state index in [0.29, 0.717) is 53.1 Å². The van der Waals surface area contributed by atoms with Crippen LogP contribution in [0.5, 0.6) is 11.5 Å². The van der Waals surface area contributed by atoms with E-state index in [1.807, 2.05) is 6.07 Å². The monoisotopic (exact) mass is 815 g/mol. The van der Waals surface area contributed by atoms with E-state index in [9.17, 15) is 41.1 Å². The second kappa shape index (κ2) is 13.3. The second-order valence-electron chi connectivity index (χ2n) is 13.6. The Morgan fingerprint density at radius 3 is 2.10 bits per heavy atom. The van der Waals surface area contributed by atoms with Crippen LogP contribution in [0.25, 0.3) is 32.7 Å². The molecular formula is C39H26F5N7O6S. The van der Waals surface area contributed by atoms with Crippen LogP contribution in [-0.2, 0) is 12.8 Å². The Morgan fingerprint density at radius 1 is 0.741 bits per heavy atom. The maximum absolute atomic E-state index is 14.2. The number of methoxy groups -OCH3 is 1. The minimum Gasteiger partial charge on any atom is -0.494 e. The van der Waals surface area contributed by atoms with Crippen LogP contribution < -0.4 is 30.3 Å². The van der Waals surface area contributed by atoms with Gasteiger partial charge in [0.2, 0.25) is 34.8 Å². The number of carbonyl (C=O) groups excluding carboxylic acids is 4. The molecule has 0 unspecified atom stereocenters. The summed E-state index contributed by atoms with van der Waals surface area (Å²) >= 11 is 4.67. The number of nitrogens with zero attached hydrogens (tertiary/aromatic N) is 2. The molecule has 0 aliphatic carbocycles. The lowest BCUT2D eigenvalue weighted by atomic mass is 10.1. The molecule has 9 rings (SSSR count). The van der Waals surface area contributed by atoms with Gasteiger partial charge in [0.25, 0.3) is 11.8 Å². The van der Waals surface area contributed by atoms with Gasteiger partial charge in [0.05, 0.1) is 18.1 Å². The predicted octanol–water partition coefficient (Wildman–Crippen LogP) is 7.24. The van der Waals surface area contributed by atoms with Gasteiger partial charge in [-0.15, -0.1) is 12.6 Å². The fourth-order valence-electron chi connectivity index (χ4n) is 7.68. The molecule has 4 aromatic carbocycles. The van der Waals surface area contributed by atoms with Gasteiger partial charge in [-0.1, -0.05) is 0 Å². The summed E-state index contributed by atoms with van der Waals surface area (Å²) in [4.78, 5) is 64.8. The number of H-pyrrole nitrogens is 3. The molecule has 0 saturated carbocycles. The van der Waals surface area contributed by atoms with Crippen LogP contribution in [0.3, 0.4) is 0 Å². The van der Waals surface area contributed by atoms with Gasteiger partial charge in [0.15, 0.2) is 0 Å². The number of thiol groups is 1. The lowest BCUT2D eigenvalue weighted by molar-refractivity contribution is 0.0710. The lowest BCUT2D eigenvalue weighted by Gasteiger charge is -2.17. The Labute approximate surface area is 327 Å². The number of benzene rings is 4. The van der Waals surface area contributed by atoms with E-state index in [2.05, 4.69) is 37.6 Å². The molecule has 19 heteroatoms. The average Bonchev–Trinajstić information content (AvgIpc) is 4.05. The van der Waals surface area contributed by atoms with Crippen molar-refractivity contribution in [2.45, 2.75) is 17.7 Å². The number of ether oxygens (including phenoxy) is 2. The largest absolute Gasteiger partial charge is 0.494 e. The quantitative estimate of drug-likeness (QED) is 0.0257. The highest BCUT2D eigenvalue weighted by atomic mass is 32.1. The number of halogens is 5. The molecule has 0 spiro atoms. The molecule has 58 heavy (non-hydrogen) atoms. The van der Waals surface area contributed by atoms with Gasteiger partial charge in [-0.05, 0) is 66.4 Å². The molecule has 2 aliphatic rings. The van der Waals surface area contributed by atoms with Crippen molar-refractivity contribution in [3.63, 3.8) is 0 Å². The zero-order valence-corrected chi connectivity index (χ0v) is 30.6. The molecule has 7 aromatic rings. The number of nitrogens with one attached hydrogen (secondary N) is 4. The van der Waals surface area contributed by atoms with Crippen molar-refractivity contribution < 1.29 is 50.6 Å². The number of aromatic amines is 3. The molecule has 0 radical (unpaired) electrons. The van der Waals surface area contributed by atoms with Crippen LogP contribution >= 0.6 is 12.6 Å². The van der Waals surface area contributed by atoms with E-state index in [-0.39, 0.29) is 33.9 Å². The van der Waals surface area contributed by atoms with E-state index in [0.717, 1.165) is 27.7 Å². The van der Waals surface area contributed by atoms with Crippen LogP contribution in [0.4, 0.5) is 43.8 Å². The normalized spacial score (nSPS) is 13.4. The van der Waals surface area contributed by atoms with E-state index in [4.69, 9.17) is 10.5 Å². The summed E-state index contributed by atoms with van der Waals surface area (Å²) < 4.78 is 79.1.